The van der Waals surface area contributed by atoms with Crippen molar-refractivity contribution in [2.24, 2.45) is 0 Å². The fourth-order valence-electron chi connectivity index (χ4n) is 5.20. The Morgan fingerprint density at radius 1 is 0.636 bits per heavy atom. The lowest BCUT2D eigenvalue weighted by atomic mass is 9.62. The van der Waals surface area contributed by atoms with Crippen molar-refractivity contribution in [1.82, 2.24) is 0 Å². The monoisotopic (exact) mass is 470 g/mol. The van der Waals surface area contributed by atoms with Gasteiger partial charge in [-0.25, -0.2) is 0 Å². The summed E-state index contributed by atoms with van der Waals surface area (Å²) in [4.78, 5) is 10.9. The van der Waals surface area contributed by atoms with Crippen molar-refractivity contribution in [3.05, 3.63) is 57.6 Å². The Morgan fingerprint density at radius 2 is 1.09 bits per heavy atom. The quantitative estimate of drug-likeness (QED) is 0.393. The molecule has 1 atom stereocenters. The predicted octanol–water partition coefficient (Wildman–Crippen LogP) is 8.46. The van der Waals surface area contributed by atoms with Crippen LogP contribution in [0, 0.1) is 0 Å². The van der Waals surface area contributed by atoms with E-state index in [4.69, 9.17) is 9.05 Å². The van der Waals surface area contributed by atoms with Gasteiger partial charge in [0, 0.05) is 17.5 Å². The van der Waals surface area contributed by atoms with E-state index in [-0.39, 0.29) is 21.7 Å². The van der Waals surface area contributed by atoms with Crippen LogP contribution in [-0.4, -0.2) is 4.89 Å². The first-order valence-electron chi connectivity index (χ1n) is 12.0. The van der Waals surface area contributed by atoms with E-state index in [0.717, 1.165) is 11.3 Å². The fourth-order valence-corrected chi connectivity index (χ4v) is 5.94. The van der Waals surface area contributed by atoms with E-state index in [9.17, 15) is 4.89 Å². The molecule has 1 aliphatic heterocycles. The lowest BCUT2D eigenvalue weighted by Crippen LogP contribution is -2.34. The molecule has 1 aliphatic rings. The standard InChI is InChI=1S/C29H43O3P/c1-26(2,3)21-19-17-18-15-13-14-16-20(18)31-33(30)32-25(19)24(29(10,11)12)23(28(7,8)9)22(21)27(4,5)6/h13-16,30H,17H2,1-12H3. The molecule has 0 saturated heterocycles. The van der Waals surface area contributed by atoms with Crippen LogP contribution in [-0.2, 0) is 28.1 Å². The maximum atomic E-state index is 10.9. The van der Waals surface area contributed by atoms with Gasteiger partial charge in [-0.2, -0.15) is 0 Å². The Balaban J connectivity index is 2.65. The average molecular weight is 471 g/mol. The predicted molar refractivity (Wildman–Crippen MR) is 141 cm³/mol. The molecule has 0 spiro atoms. The summed E-state index contributed by atoms with van der Waals surface area (Å²) in [5, 5.41) is 0. The maximum absolute atomic E-state index is 10.9. The van der Waals surface area contributed by atoms with Gasteiger partial charge in [-0.05, 0) is 50.0 Å². The van der Waals surface area contributed by atoms with Crippen LogP contribution in [0.25, 0.3) is 0 Å². The molecule has 0 radical (unpaired) electrons. The van der Waals surface area contributed by atoms with Crippen LogP contribution in [0.3, 0.4) is 0 Å². The molecule has 4 heteroatoms. The molecule has 0 aromatic heterocycles. The average Bonchev–Trinajstić information content (AvgIpc) is 2.58. The summed E-state index contributed by atoms with van der Waals surface area (Å²) < 4.78 is 12.3. The highest BCUT2D eigenvalue weighted by molar-refractivity contribution is 7.41. The van der Waals surface area contributed by atoms with Gasteiger partial charge in [-0.1, -0.05) is 101 Å². The summed E-state index contributed by atoms with van der Waals surface area (Å²) in [6.45, 7) is 27.5. The molecule has 1 heterocycles. The molecule has 2 aromatic carbocycles. The van der Waals surface area contributed by atoms with Crippen LogP contribution in [0.15, 0.2) is 24.3 Å². The number of hydrogen-bond donors (Lipinski definition) is 1. The first-order valence-corrected chi connectivity index (χ1v) is 13.1. The van der Waals surface area contributed by atoms with Gasteiger partial charge < -0.3 is 13.9 Å². The van der Waals surface area contributed by atoms with Gasteiger partial charge in [0.15, 0.2) is 0 Å². The number of hydrogen-bond acceptors (Lipinski definition) is 3. The van der Waals surface area contributed by atoms with Crippen molar-refractivity contribution in [3.8, 4) is 11.5 Å². The van der Waals surface area contributed by atoms with Crippen molar-refractivity contribution in [3.63, 3.8) is 0 Å². The minimum absolute atomic E-state index is 0.0669. The molecule has 3 nitrogen and oxygen atoms in total. The summed E-state index contributed by atoms with van der Waals surface area (Å²) in [6, 6.07) is 8.01. The third-order valence-corrected chi connectivity index (χ3v) is 6.93. The SMILES string of the molecule is CC(C)(C)c1c2c(c(C(C)(C)C)c(C(C)(C)C)c1C(C)(C)C)OP(O)Oc1ccccc1C2. The lowest BCUT2D eigenvalue weighted by molar-refractivity contribution is 0.364. The van der Waals surface area contributed by atoms with Crippen molar-refractivity contribution in [2.75, 3.05) is 0 Å². The molecule has 0 bridgehead atoms. The molecular weight excluding hydrogens is 427 g/mol. The number of para-hydroxylation sites is 1. The molecule has 1 N–H and O–H groups in total. The highest BCUT2D eigenvalue weighted by atomic mass is 31.2. The Bertz CT molecular complexity index is 1040. The Hall–Kier alpha value is -1.57. The molecule has 33 heavy (non-hydrogen) atoms. The van der Waals surface area contributed by atoms with Crippen LogP contribution in [0.2, 0.25) is 0 Å². The van der Waals surface area contributed by atoms with Gasteiger partial charge in [-0.15, -0.1) is 0 Å². The highest BCUT2D eigenvalue weighted by Gasteiger charge is 2.42. The first kappa shape index (κ1) is 26.0. The van der Waals surface area contributed by atoms with Crippen LogP contribution in [0.4, 0.5) is 0 Å². The Morgan fingerprint density at radius 3 is 1.58 bits per heavy atom. The third-order valence-electron chi connectivity index (χ3n) is 6.24. The minimum atomic E-state index is -2.11. The summed E-state index contributed by atoms with van der Waals surface area (Å²) >= 11 is 0. The van der Waals surface area contributed by atoms with E-state index in [1.807, 2.05) is 18.2 Å². The topological polar surface area (TPSA) is 38.7 Å². The Labute approximate surface area is 202 Å². The van der Waals surface area contributed by atoms with Crippen molar-refractivity contribution < 1.29 is 13.9 Å². The normalized spacial score (nSPS) is 17.3. The van der Waals surface area contributed by atoms with E-state index < -0.39 is 8.60 Å². The summed E-state index contributed by atoms with van der Waals surface area (Å²) in [5.41, 5.74) is 7.07. The summed E-state index contributed by atoms with van der Waals surface area (Å²) in [7, 11) is -2.11. The zero-order valence-electron chi connectivity index (χ0n) is 22.7. The number of rotatable bonds is 0. The molecule has 1 unspecified atom stereocenters. The molecule has 2 aromatic rings. The van der Waals surface area contributed by atoms with Gasteiger partial charge in [0.05, 0.1) is 0 Å². The fraction of sp³-hybridized carbons (Fsp3) is 0.586. The van der Waals surface area contributed by atoms with Crippen molar-refractivity contribution in [2.45, 2.75) is 111 Å². The van der Waals surface area contributed by atoms with Crippen molar-refractivity contribution >= 4 is 8.60 Å². The van der Waals surface area contributed by atoms with Gasteiger partial charge in [0.2, 0.25) is 0 Å². The van der Waals surface area contributed by atoms with E-state index in [1.54, 1.807) is 0 Å². The second-order valence-electron chi connectivity index (χ2n) is 13.5. The van der Waals surface area contributed by atoms with Gasteiger partial charge >= 0.3 is 8.60 Å². The van der Waals surface area contributed by atoms with Crippen LogP contribution >= 0.6 is 8.60 Å². The Kier molecular flexibility index (Phi) is 6.53. The molecule has 182 valence electrons. The van der Waals surface area contributed by atoms with Crippen molar-refractivity contribution in [1.29, 1.82) is 0 Å². The highest BCUT2D eigenvalue weighted by Crippen LogP contribution is 2.55. The van der Waals surface area contributed by atoms with Crippen LogP contribution in [0.1, 0.15) is 116 Å². The molecule has 0 amide bonds. The van der Waals surface area contributed by atoms with E-state index in [1.165, 1.54) is 27.8 Å². The molecular formula is C29H43O3P. The molecule has 0 aliphatic carbocycles. The summed E-state index contributed by atoms with van der Waals surface area (Å²) in [5.74, 6) is 1.51. The van der Waals surface area contributed by atoms with Crippen LogP contribution < -0.4 is 9.05 Å². The minimum Gasteiger partial charge on any atom is -0.418 e. The first-order chi connectivity index (χ1) is 14.8. The van der Waals surface area contributed by atoms with E-state index >= 15 is 0 Å². The third kappa shape index (κ3) is 5.10. The summed E-state index contributed by atoms with van der Waals surface area (Å²) in [6.07, 6.45) is 0.706. The molecule has 3 rings (SSSR count). The molecule has 0 saturated carbocycles. The smallest absolute Gasteiger partial charge is 0.418 e. The molecule has 0 fully saturated rings. The van der Waals surface area contributed by atoms with E-state index in [0.29, 0.717) is 12.2 Å². The van der Waals surface area contributed by atoms with Gasteiger partial charge in [-0.3, -0.25) is 0 Å². The second-order valence-corrected chi connectivity index (χ2v) is 14.4. The maximum Gasteiger partial charge on any atom is 0.460 e. The zero-order chi connectivity index (χ0) is 25.1. The number of fused-ring (bicyclic) bond motifs is 2. The number of benzene rings is 2. The van der Waals surface area contributed by atoms with E-state index in [2.05, 4.69) is 89.2 Å². The van der Waals surface area contributed by atoms with Gasteiger partial charge in [0.25, 0.3) is 0 Å². The second kappa shape index (κ2) is 8.28. The largest absolute Gasteiger partial charge is 0.460 e. The lowest BCUT2D eigenvalue weighted by Gasteiger charge is -2.43. The zero-order valence-corrected chi connectivity index (χ0v) is 23.6. The van der Waals surface area contributed by atoms with Crippen LogP contribution in [0.5, 0.6) is 11.5 Å². The van der Waals surface area contributed by atoms with Gasteiger partial charge in [0.1, 0.15) is 11.5 Å².